The van der Waals surface area contributed by atoms with Gasteiger partial charge in [0.2, 0.25) is 6.79 Å². The molecule has 1 N–H and O–H groups in total. The third-order valence-corrected chi connectivity index (χ3v) is 5.02. The van der Waals surface area contributed by atoms with Crippen LogP contribution in [0, 0.1) is 0 Å². The molecule has 128 valence electrons. The number of carbonyl (C=O) groups is 1. The summed E-state index contributed by atoms with van der Waals surface area (Å²) in [7, 11) is 0. The number of hydrogen-bond acceptors (Lipinski definition) is 4. The van der Waals surface area contributed by atoms with E-state index in [9.17, 15) is 4.79 Å². The van der Waals surface area contributed by atoms with Gasteiger partial charge < -0.3 is 14.8 Å². The molecule has 0 unspecified atom stereocenters. The van der Waals surface area contributed by atoms with Crippen LogP contribution in [0.4, 0.5) is 0 Å². The van der Waals surface area contributed by atoms with E-state index in [0.717, 1.165) is 35.5 Å². The molecule has 25 heavy (non-hydrogen) atoms. The highest BCUT2D eigenvalue weighted by molar-refractivity contribution is 6.36. The molecule has 0 saturated heterocycles. The van der Waals surface area contributed by atoms with Crippen LogP contribution in [0.5, 0.6) is 11.5 Å². The maximum Gasteiger partial charge on any atom is 0.231 e. The normalized spacial score (nSPS) is 16.5. The van der Waals surface area contributed by atoms with Gasteiger partial charge >= 0.3 is 0 Å². The minimum atomic E-state index is -0.0667. The fourth-order valence-corrected chi connectivity index (χ4v) is 3.62. The Kier molecular flexibility index (Phi) is 4.32. The summed E-state index contributed by atoms with van der Waals surface area (Å²) in [6.07, 6.45) is 2.64. The molecular formula is C19H15Cl2NO3. The van der Waals surface area contributed by atoms with Gasteiger partial charge in [-0.1, -0.05) is 29.3 Å². The number of hydrogen-bond donors (Lipinski definition) is 1. The van der Waals surface area contributed by atoms with Gasteiger partial charge in [-0.25, -0.2) is 0 Å². The largest absolute Gasteiger partial charge is 0.454 e. The van der Waals surface area contributed by atoms with Crippen molar-refractivity contribution >= 4 is 34.7 Å². The van der Waals surface area contributed by atoms with Crippen LogP contribution in [-0.4, -0.2) is 19.1 Å². The number of carbonyl (C=O) groups excluding carboxylic acids is 1. The third kappa shape index (κ3) is 3.20. The summed E-state index contributed by atoms with van der Waals surface area (Å²) >= 11 is 12.3. The monoisotopic (exact) mass is 375 g/mol. The molecule has 4 rings (SSSR count). The van der Waals surface area contributed by atoms with Gasteiger partial charge in [0.05, 0.1) is 0 Å². The summed E-state index contributed by atoms with van der Waals surface area (Å²) in [5, 5.41) is 4.29. The van der Waals surface area contributed by atoms with Gasteiger partial charge in [0, 0.05) is 40.3 Å². The molecule has 0 fully saturated rings. The summed E-state index contributed by atoms with van der Waals surface area (Å²) in [5.74, 6) is 1.40. The summed E-state index contributed by atoms with van der Waals surface area (Å²) < 4.78 is 10.9. The number of benzene rings is 2. The molecule has 0 amide bonds. The standard InChI is InChI=1S/C19H15Cl2NO3/c20-15-2-1-3-16(21)14(15)7-12(23)8-17-13-9-19-18(24-10-25-19)6-11(13)4-5-22-17/h1-3,6,8-9,22H,4-5,7,10H2. The molecule has 0 aliphatic carbocycles. The first-order valence-corrected chi connectivity index (χ1v) is 8.71. The van der Waals surface area contributed by atoms with Crippen molar-refractivity contribution in [2.45, 2.75) is 12.8 Å². The second-order valence-corrected chi connectivity index (χ2v) is 6.76. The summed E-state index contributed by atoms with van der Waals surface area (Å²) in [6, 6.07) is 9.14. The van der Waals surface area contributed by atoms with E-state index < -0.39 is 0 Å². The zero-order chi connectivity index (χ0) is 17.4. The van der Waals surface area contributed by atoms with E-state index in [0.29, 0.717) is 21.4 Å². The zero-order valence-electron chi connectivity index (χ0n) is 13.3. The fourth-order valence-electron chi connectivity index (χ4n) is 3.08. The number of halogens is 2. The third-order valence-electron chi connectivity index (χ3n) is 4.32. The molecule has 6 heteroatoms. The predicted molar refractivity (Wildman–Crippen MR) is 97.4 cm³/mol. The highest BCUT2D eigenvalue weighted by atomic mass is 35.5. The van der Waals surface area contributed by atoms with Crippen LogP contribution >= 0.6 is 23.2 Å². The van der Waals surface area contributed by atoms with Crippen molar-refractivity contribution < 1.29 is 14.3 Å². The average Bonchev–Trinajstić information content (AvgIpc) is 3.04. The molecule has 0 atom stereocenters. The molecule has 2 aromatic rings. The van der Waals surface area contributed by atoms with Gasteiger partial charge in [0.15, 0.2) is 17.3 Å². The lowest BCUT2D eigenvalue weighted by atomic mass is 9.96. The Morgan fingerprint density at radius 2 is 1.88 bits per heavy atom. The molecule has 4 nitrogen and oxygen atoms in total. The highest BCUT2D eigenvalue weighted by Crippen LogP contribution is 2.38. The van der Waals surface area contributed by atoms with E-state index in [1.165, 1.54) is 0 Å². The van der Waals surface area contributed by atoms with Crippen molar-refractivity contribution in [2.24, 2.45) is 0 Å². The molecule has 0 aromatic heterocycles. The van der Waals surface area contributed by atoms with Crippen LogP contribution in [0.25, 0.3) is 5.70 Å². The molecule has 0 saturated carbocycles. The summed E-state index contributed by atoms with van der Waals surface area (Å²) in [4.78, 5) is 12.5. The van der Waals surface area contributed by atoms with Crippen LogP contribution in [0.1, 0.15) is 16.7 Å². The predicted octanol–water partition coefficient (Wildman–Crippen LogP) is 4.02. The minimum Gasteiger partial charge on any atom is -0.454 e. The van der Waals surface area contributed by atoms with Gasteiger partial charge in [-0.3, -0.25) is 4.79 Å². The summed E-state index contributed by atoms with van der Waals surface area (Å²) in [6.45, 7) is 0.993. The van der Waals surface area contributed by atoms with Crippen molar-refractivity contribution in [3.63, 3.8) is 0 Å². The molecule has 2 aliphatic heterocycles. The number of ketones is 1. The van der Waals surface area contributed by atoms with Crippen LogP contribution in [0.2, 0.25) is 10.0 Å². The van der Waals surface area contributed by atoms with Gasteiger partial charge in [-0.05, 0) is 41.8 Å². The Morgan fingerprint density at radius 1 is 1.16 bits per heavy atom. The number of allylic oxidation sites excluding steroid dienone is 1. The highest BCUT2D eigenvalue weighted by Gasteiger charge is 2.22. The van der Waals surface area contributed by atoms with Crippen molar-refractivity contribution in [2.75, 3.05) is 13.3 Å². The maximum atomic E-state index is 12.5. The average molecular weight is 376 g/mol. The molecular weight excluding hydrogens is 361 g/mol. The van der Waals surface area contributed by atoms with Crippen molar-refractivity contribution in [3.8, 4) is 11.5 Å². The number of ether oxygens (including phenoxy) is 2. The Hall–Kier alpha value is -2.17. The van der Waals surface area contributed by atoms with Crippen LogP contribution in [0.3, 0.4) is 0 Å². The zero-order valence-corrected chi connectivity index (χ0v) is 14.8. The quantitative estimate of drug-likeness (QED) is 0.823. The molecule has 0 radical (unpaired) electrons. The number of fused-ring (bicyclic) bond motifs is 2. The van der Waals surface area contributed by atoms with Gasteiger partial charge in [-0.15, -0.1) is 0 Å². The second kappa shape index (κ2) is 6.62. The Morgan fingerprint density at radius 3 is 2.64 bits per heavy atom. The van der Waals surface area contributed by atoms with Gasteiger partial charge in [0.25, 0.3) is 0 Å². The smallest absolute Gasteiger partial charge is 0.231 e. The van der Waals surface area contributed by atoms with E-state index >= 15 is 0 Å². The lowest BCUT2D eigenvalue weighted by Crippen LogP contribution is -2.23. The van der Waals surface area contributed by atoms with E-state index in [1.807, 2.05) is 12.1 Å². The van der Waals surface area contributed by atoms with Gasteiger partial charge in [-0.2, -0.15) is 0 Å². The topological polar surface area (TPSA) is 47.6 Å². The van der Waals surface area contributed by atoms with Crippen molar-refractivity contribution in [1.29, 1.82) is 0 Å². The second-order valence-electron chi connectivity index (χ2n) is 5.94. The Balaban J connectivity index is 1.63. The van der Waals surface area contributed by atoms with Crippen molar-refractivity contribution in [1.82, 2.24) is 5.32 Å². The number of rotatable bonds is 3. The first-order valence-electron chi connectivity index (χ1n) is 7.96. The Bertz CT molecular complexity index is 872. The van der Waals surface area contributed by atoms with E-state index in [2.05, 4.69) is 5.32 Å². The van der Waals surface area contributed by atoms with Crippen LogP contribution in [-0.2, 0) is 17.6 Å². The molecule has 0 bridgehead atoms. The van der Waals surface area contributed by atoms with E-state index in [1.54, 1.807) is 24.3 Å². The lowest BCUT2D eigenvalue weighted by Gasteiger charge is -2.21. The maximum absolute atomic E-state index is 12.5. The fraction of sp³-hybridized carbons (Fsp3) is 0.211. The minimum absolute atomic E-state index is 0.0667. The van der Waals surface area contributed by atoms with E-state index in [4.69, 9.17) is 32.7 Å². The SMILES string of the molecule is O=C(C=C1NCCc2cc3c(cc21)OCO3)Cc1c(Cl)cccc1Cl. The van der Waals surface area contributed by atoms with Crippen LogP contribution in [0.15, 0.2) is 36.4 Å². The molecule has 2 aliphatic rings. The molecule has 2 heterocycles. The van der Waals surface area contributed by atoms with Gasteiger partial charge in [0.1, 0.15) is 0 Å². The first kappa shape index (κ1) is 16.3. The van der Waals surface area contributed by atoms with Crippen LogP contribution < -0.4 is 14.8 Å². The molecule has 0 spiro atoms. The van der Waals surface area contributed by atoms with Crippen molar-refractivity contribution in [3.05, 3.63) is 63.1 Å². The van der Waals surface area contributed by atoms with E-state index in [-0.39, 0.29) is 19.0 Å². The Labute approximate surface area is 155 Å². The summed E-state index contributed by atoms with van der Waals surface area (Å²) in [5.41, 5.74) is 3.54. The first-order chi connectivity index (χ1) is 12.1. The molecule has 2 aromatic carbocycles. The number of nitrogens with one attached hydrogen (secondary N) is 1. The lowest BCUT2D eigenvalue weighted by molar-refractivity contribution is -0.114.